The molecular weight excluding hydrogens is 182 g/mol. The first-order chi connectivity index (χ1) is 6.70. The van der Waals surface area contributed by atoms with Crippen LogP contribution in [0.4, 0.5) is 0 Å². The van der Waals surface area contributed by atoms with Crippen LogP contribution in [-0.2, 0) is 4.74 Å². The van der Waals surface area contributed by atoms with E-state index in [1.165, 1.54) is 0 Å². The van der Waals surface area contributed by atoms with Crippen LogP contribution in [-0.4, -0.2) is 35.9 Å². The summed E-state index contributed by atoms with van der Waals surface area (Å²) in [5.41, 5.74) is 0.601. The van der Waals surface area contributed by atoms with E-state index in [2.05, 4.69) is 22.4 Å². The third-order valence-corrected chi connectivity index (χ3v) is 2.32. The summed E-state index contributed by atoms with van der Waals surface area (Å²) in [4.78, 5) is 11.5. The Morgan fingerprint density at radius 1 is 1.79 bits per heavy atom. The summed E-state index contributed by atoms with van der Waals surface area (Å²) in [6, 6.07) is 1.65. The molecule has 0 aliphatic carbocycles. The van der Waals surface area contributed by atoms with Crippen molar-refractivity contribution in [3.8, 4) is 0 Å². The number of hydrogen-bond donors (Lipinski definition) is 2. The number of amides is 1. The highest BCUT2D eigenvalue weighted by molar-refractivity contribution is 5.92. The van der Waals surface area contributed by atoms with Crippen LogP contribution >= 0.6 is 0 Å². The number of hydrogen-bond acceptors (Lipinski definition) is 3. The molecule has 0 spiro atoms. The minimum absolute atomic E-state index is 0.107. The van der Waals surface area contributed by atoms with Crippen molar-refractivity contribution < 1.29 is 9.53 Å². The lowest BCUT2D eigenvalue weighted by molar-refractivity contribution is -0.0978. The van der Waals surface area contributed by atoms with E-state index in [-0.39, 0.29) is 11.3 Å². The highest BCUT2D eigenvalue weighted by atomic mass is 16.5. The predicted molar refractivity (Wildman–Crippen MR) is 49.8 cm³/mol. The molecule has 0 bridgehead atoms. The summed E-state index contributed by atoms with van der Waals surface area (Å²) in [6.45, 7) is 4.17. The fourth-order valence-electron chi connectivity index (χ4n) is 1.32. The Hall–Kier alpha value is -1.36. The largest absolute Gasteiger partial charge is 0.380 e. The molecule has 2 rings (SSSR count). The minimum atomic E-state index is -0.115. The Morgan fingerprint density at radius 2 is 2.57 bits per heavy atom. The Bertz CT molecular complexity index is 317. The molecule has 76 valence electrons. The lowest BCUT2D eigenvalue weighted by Gasteiger charge is -2.37. The van der Waals surface area contributed by atoms with E-state index in [9.17, 15) is 4.79 Å². The maximum atomic E-state index is 11.5. The molecule has 1 fully saturated rings. The summed E-state index contributed by atoms with van der Waals surface area (Å²) < 4.78 is 5.09. The molecule has 2 N–H and O–H groups in total. The van der Waals surface area contributed by atoms with Gasteiger partial charge in [0.05, 0.1) is 13.2 Å². The molecule has 1 aliphatic heterocycles. The maximum Gasteiger partial charge on any atom is 0.269 e. The quantitative estimate of drug-likeness (QED) is 0.722. The van der Waals surface area contributed by atoms with E-state index in [4.69, 9.17) is 4.74 Å². The van der Waals surface area contributed by atoms with Gasteiger partial charge in [-0.1, -0.05) is 6.92 Å². The van der Waals surface area contributed by atoms with Gasteiger partial charge in [-0.2, -0.15) is 5.10 Å². The van der Waals surface area contributed by atoms with Gasteiger partial charge in [-0.25, -0.2) is 0 Å². The molecule has 14 heavy (non-hydrogen) atoms. The van der Waals surface area contributed by atoms with Crippen LogP contribution < -0.4 is 5.32 Å². The van der Waals surface area contributed by atoms with Gasteiger partial charge in [0.15, 0.2) is 0 Å². The maximum absolute atomic E-state index is 11.5. The zero-order valence-corrected chi connectivity index (χ0v) is 8.04. The molecule has 1 aromatic rings. The smallest absolute Gasteiger partial charge is 0.269 e. The van der Waals surface area contributed by atoms with Crippen LogP contribution in [0, 0.1) is 5.41 Å². The Labute approximate surface area is 81.8 Å². The van der Waals surface area contributed by atoms with Crippen LogP contribution in [0.25, 0.3) is 0 Å². The second-order valence-electron chi connectivity index (χ2n) is 3.96. The Kier molecular flexibility index (Phi) is 2.25. The first-order valence-corrected chi connectivity index (χ1v) is 4.55. The van der Waals surface area contributed by atoms with Crippen molar-refractivity contribution >= 4 is 5.91 Å². The van der Waals surface area contributed by atoms with Crippen molar-refractivity contribution in [2.45, 2.75) is 6.92 Å². The summed E-state index contributed by atoms with van der Waals surface area (Å²) in [5, 5.41) is 9.16. The summed E-state index contributed by atoms with van der Waals surface area (Å²) in [6.07, 6.45) is 1.56. The van der Waals surface area contributed by atoms with Gasteiger partial charge in [-0.15, -0.1) is 0 Å². The van der Waals surface area contributed by atoms with E-state index in [0.29, 0.717) is 12.2 Å². The number of rotatable bonds is 3. The molecule has 1 aliphatic rings. The zero-order valence-electron chi connectivity index (χ0n) is 8.04. The summed E-state index contributed by atoms with van der Waals surface area (Å²) >= 11 is 0. The van der Waals surface area contributed by atoms with Gasteiger partial charge in [0.1, 0.15) is 5.69 Å². The second kappa shape index (κ2) is 3.42. The minimum Gasteiger partial charge on any atom is -0.380 e. The number of carbonyl (C=O) groups is 1. The number of aromatic nitrogens is 2. The normalized spacial score (nSPS) is 18.6. The van der Waals surface area contributed by atoms with Crippen LogP contribution in [0.15, 0.2) is 12.3 Å². The van der Waals surface area contributed by atoms with Gasteiger partial charge in [-0.3, -0.25) is 9.89 Å². The van der Waals surface area contributed by atoms with E-state index < -0.39 is 0 Å². The number of H-pyrrole nitrogens is 1. The molecule has 0 atom stereocenters. The second-order valence-corrected chi connectivity index (χ2v) is 3.96. The fraction of sp³-hybridized carbons (Fsp3) is 0.556. The fourth-order valence-corrected chi connectivity index (χ4v) is 1.32. The number of nitrogens with zero attached hydrogens (tertiary/aromatic N) is 1. The van der Waals surface area contributed by atoms with Gasteiger partial charge in [0.25, 0.3) is 5.91 Å². The summed E-state index contributed by atoms with van der Waals surface area (Å²) in [5.74, 6) is -0.115. The molecule has 2 heterocycles. The molecule has 1 aromatic heterocycles. The lowest BCUT2D eigenvalue weighted by atomic mass is 9.89. The highest BCUT2D eigenvalue weighted by Gasteiger charge is 2.33. The van der Waals surface area contributed by atoms with E-state index in [1.54, 1.807) is 12.3 Å². The average Bonchev–Trinajstić information content (AvgIpc) is 2.63. The van der Waals surface area contributed by atoms with Crippen molar-refractivity contribution in [3.63, 3.8) is 0 Å². The van der Waals surface area contributed by atoms with Gasteiger partial charge < -0.3 is 10.1 Å². The third-order valence-electron chi connectivity index (χ3n) is 2.32. The first kappa shape index (κ1) is 9.21. The van der Waals surface area contributed by atoms with Crippen LogP contribution in [0.2, 0.25) is 0 Å². The molecular formula is C9H13N3O2. The van der Waals surface area contributed by atoms with Crippen molar-refractivity contribution in [1.29, 1.82) is 0 Å². The van der Waals surface area contributed by atoms with Crippen molar-refractivity contribution in [2.75, 3.05) is 19.8 Å². The number of aromatic amines is 1. The molecule has 0 saturated carbocycles. The highest BCUT2D eigenvalue weighted by Crippen LogP contribution is 2.25. The topological polar surface area (TPSA) is 67.0 Å². The molecule has 1 amide bonds. The molecule has 5 nitrogen and oxygen atoms in total. The third kappa shape index (κ3) is 1.77. The molecule has 0 aromatic carbocycles. The zero-order chi connectivity index (χ0) is 10.0. The number of carbonyl (C=O) groups excluding carboxylic acids is 1. The van der Waals surface area contributed by atoms with E-state index >= 15 is 0 Å². The van der Waals surface area contributed by atoms with Gasteiger partial charge >= 0.3 is 0 Å². The monoisotopic (exact) mass is 195 g/mol. The Morgan fingerprint density at radius 3 is 3.07 bits per heavy atom. The van der Waals surface area contributed by atoms with Gasteiger partial charge in [0.2, 0.25) is 0 Å². The average molecular weight is 195 g/mol. The molecule has 5 heteroatoms. The number of nitrogens with one attached hydrogen (secondary N) is 2. The Balaban J connectivity index is 1.84. The van der Waals surface area contributed by atoms with Gasteiger partial charge in [0, 0.05) is 18.2 Å². The van der Waals surface area contributed by atoms with Crippen molar-refractivity contribution in [1.82, 2.24) is 15.5 Å². The van der Waals surface area contributed by atoms with Crippen molar-refractivity contribution in [2.24, 2.45) is 5.41 Å². The van der Waals surface area contributed by atoms with Crippen LogP contribution in [0.1, 0.15) is 17.4 Å². The SMILES string of the molecule is CC1(CNC(=O)c2ccn[nH]2)COC1. The van der Waals surface area contributed by atoms with E-state index in [1.807, 2.05) is 0 Å². The lowest BCUT2D eigenvalue weighted by Crippen LogP contribution is -2.48. The van der Waals surface area contributed by atoms with Gasteiger partial charge in [-0.05, 0) is 6.07 Å². The predicted octanol–water partition coefficient (Wildman–Crippen LogP) is 0.176. The molecule has 0 unspecified atom stereocenters. The van der Waals surface area contributed by atoms with E-state index in [0.717, 1.165) is 13.2 Å². The number of ether oxygens (including phenoxy) is 1. The van der Waals surface area contributed by atoms with Crippen LogP contribution in [0.5, 0.6) is 0 Å². The molecule has 0 radical (unpaired) electrons. The van der Waals surface area contributed by atoms with Crippen molar-refractivity contribution in [3.05, 3.63) is 18.0 Å². The standard InChI is InChI=1S/C9H13N3O2/c1-9(5-14-6-9)4-10-8(13)7-2-3-11-12-7/h2-3H,4-6H2,1H3,(H,10,13)(H,11,12). The molecule has 1 saturated heterocycles. The first-order valence-electron chi connectivity index (χ1n) is 4.55. The summed E-state index contributed by atoms with van der Waals surface area (Å²) in [7, 11) is 0. The van der Waals surface area contributed by atoms with Crippen LogP contribution in [0.3, 0.4) is 0 Å².